The molecule has 1 atom stereocenters. The molecule has 1 aliphatic heterocycles. The van der Waals surface area contributed by atoms with Crippen LogP contribution in [0.1, 0.15) is 23.2 Å². The predicted octanol–water partition coefficient (Wildman–Crippen LogP) is 1.31. The molecule has 1 heterocycles. The Morgan fingerprint density at radius 1 is 1.48 bits per heavy atom. The van der Waals surface area contributed by atoms with Gasteiger partial charge in [0.25, 0.3) is 5.91 Å². The molecule has 116 valence electrons. The monoisotopic (exact) mass is 312 g/mol. The Balaban J connectivity index is 2.05. The van der Waals surface area contributed by atoms with Crippen LogP contribution in [0, 0.1) is 0 Å². The van der Waals surface area contributed by atoms with E-state index in [1.807, 2.05) is 0 Å². The van der Waals surface area contributed by atoms with E-state index in [-0.39, 0.29) is 12.0 Å². The highest BCUT2D eigenvalue weighted by Crippen LogP contribution is 2.16. The molecule has 6 nitrogen and oxygen atoms in total. The van der Waals surface area contributed by atoms with Crippen molar-refractivity contribution in [2.45, 2.75) is 18.9 Å². The molecule has 0 aromatic heterocycles. The number of sulfonamides is 1. The second-order valence-electron chi connectivity index (χ2n) is 5.28. The van der Waals surface area contributed by atoms with E-state index in [0.29, 0.717) is 17.8 Å². The Kier molecular flexibility index (Phi) is 4.84. The van der Waals surface area contributed by atoms with Crippen molar-refractivity contribution >= 4 is 21.6 Å². The van der Waals surface area contributed by atoms with E-state index in [1.165, 1.54) is 6.07 Å². The summed E-state index contributed by atoms with van der Waals surface area (Å²) in [7, 11) is -1.63. The zero-order valence-corrected chi connectivity index (χ0v) is 13.0. The van der Waals surface area contributed by atoms with E-state index < -0.39 is 10.0 Å². The van der Waals surface area contributed by atoms with Crippen molar-refractivity contribution in [3.8, 4) is 0 Å². The molecule has 1 aliphatic rings. The average molecular weight is 312 g/mol. The van der Waals surface area contributed by atoms with Crippen LogP contribution in [-0.4, -0.2) is 51.8 Å². The molecule has 0 radical (unpaired) electrons. The SMILES string of the molecule is CN(CC1CCCO1)C(=O)c1cccc(NS(C)(=O)=O)c1. The Hall–Kier alpha value is -1.60. The lowest BCUT2D eigenvalue weighted by Gasteiger charge is -2.21. The fourth-order valence-electron chi connectivity index (χ4n) is 2.33. The van der Waals surface area contributed by atoms with Gasteiger partial charge in [0.1, 0.15) is 0 Å². The lowest BCUT2D eigenvalue weighted by atomic mass is 10.1. The van der Waals surface area contributed by atoms with Gasteiger partial charge in [0, 0.05) is 31.5 Å². The van der Waals surface area contributed by atoms with Gasteiger partial charge in [-0.15, -0.1) is 0 Å². The van der Waals surface area contributed by atoms with Crippen LogP contribution < -0.4 is 4.72 Å². The first-order valence-electron chi connectivity index (χ1n) is 6.80. The van der Waals surface area contributed by atoms with E-state index >= 15 is 0 Å². The predicted molar refractivity (Wildman–Crippen MR) is 80.8 cm³/mol. The van der Waals surface area contributed by atoms with Gasteiger partial charge < -0.3 is 9.64 Å². The number of hydrogen-bond acceptors (Lipinski definition) is 4. The van der Waals surface area contributed by atoms with Crippen molar-refractivity contribution in [2.75, 3.05) is 31.2 Å². The largest absolute Gasteiger partial charge is 0.376 e. The zero-order valence-electron chi connectivity index (χ0n) is 12.2. The number of ether oxygens (including phenoxy) is 1. The Morgan fingerprint density at radius 2 is 2.24 bits per heavy atom. The summed E-state index contributed by atoms with van der Waals surface area (Å²) in [5.74, 6) is -0.150. The number of nitrogens with one attached hydrogen (secondary N) is 1. The topological polar surface area (TPSA) is 75.7 Å². The lowest BCUT2D eigenvalue weighted by molar-refractivity contribution is 0.0587. The maximum atomic E-state index is 12.3. The van der Waals surface area contributed by atoms with Crippen LogP contribution in [0.25, 0.3) is 0 Å². The number of benzene rings is 1. The van der Waals surface area contributed by atoms with Crippen LogP contribution >= 0.6 is 0 Å². The van der Waals surface area contributed by atoms with Crippen molar-refractivity contribution in [3.63, 3.8) is 0 Å². The summed E-state index contributed by atoms with van der Waals surface area (Å²) in [6.45, 7) is 1.29. The smallest absolute Gasteiger partial charge is 0.253 e. The molecule has 21 heavy (non-hydrogen) atoms. The molecular weight excluding hydrogens is 292 g/mol. The molecular formula is C14H20N2O4S. The lowest BCUT2D eigenvalue weighted by Crippen LogP contribution is -2.34. The van der Waals surface area contributed by atoms with Crippen molar-refractivity contribution in [3.05, 3.63) is 29.8 Å². The fourth-order valence-corrected chi connectivity index (χ4v) is 2.88. The highest BCUT2D eigenvalue weighted by molar-refractivity contribution is 7.92. The van der Waals surface area contributed by atoms with Crippen molar-refractivity contribution in [1.82, 2.24) is 4.90 Å². The zero-order chi connectivity index (χ0) is 15.5. The standard InChI is InChI=1S/C14H20N2O4S/c1-16(10-13-7-4-8-20-13)14(17)11-5-3-6-12(9-11)15-21(2,18)19/h3,5-6,9,13,15H,4,7-8,10H2,1-2H3. The van der Waals surface area contributed by atoms with Gasteiger partial charge in [0.2, 0.25) is 10.0 Å². The summed E-state index contributed by atoms with van der Waals surface area (Å²) < 4.78 is 30.3. The van der Waals surface area contributed by atoms with E-state index in [4.69, 9.17) is 4.74 Å². The van der Waals surface area contributed by atoms with Crippen LogP contribution in [0.2, 0.25) is 0 Å². The molecule has 7 heteroatoms. The molecule has 0 spiro atoms. The number of anilines is 1. The third kappa shape index (κ3) is 4.71. The fraction of sp³-hybridized carbons (Fsp3) is 0.500. The van der Waals surface area contributed by atoms with Crippen molar-refractivity contribution in [1.29, 1.82) is 0 Å². The molecule has 1 N–H and O–H groups in total. The molecule has 0 aliphatic carbocycles. The average Bonchev–Trinajstić information content (AvgIpc) is 2.89. The Morgan fingerprint density at radius 3 is 2.86 bits per heavy atom. The molecule has 1 amide bonds. The van der Waals surface area contributed by atoms with Crippen LogP contribution in [0.3, 0.4) is 0 Å². The van der Waals surface area contributed by atoms with Crippen LogP contribution in [0.5, 0.6) is 0 Å². The number of likely N-dealkylation sites (N-methyl/N-ethyl adjacent to an activating group) is 1. The summed E-state index contributed by atoms with van der Waals surface area (Å²) >= 11 is 0. The first-order chi connectivity index (χ1) is 9.85. The molecule has 1 fully saturated rings. The minimum absolute atomic E-state index is 0.0938. The van der Waals surface area contributed by atoms with Gasteiger partial charge in [-0.1, -0.05) is 6.07 Å². The summed E-state index contributed by atoms with van der Waals surface area (Å²) in [6, 6.07) is 6.47. The number of carbonyl (C=O) groups is 1. The molecule has 1 aromatic rings. The number of carbonyl (C=O) groups excluding carboxylic acids is 1. The third-order valence-corrected chi connectivity index (χ3v) is 3.87. The highest BCUT2D eigenvalue weighted by Gasteiger charge is 2.21. The maximum absolute atomic E-state index is 12.3. The second kappa shape index (κ2) is 6.44. The Labute approximate surface area is 125 Å². The van der Waals surface area contributed by atoms with Crippen molar-refractivity contribution in [2.24, 2.45) is 0 Å². The van der Waals surface area contributed by atoms with Gasteiger partial charge in [-0.2, -0.15) is 0 Å². The number of hydrogen-bond donors (Lipinski definition) is 1. The molecule has 1 unspecified atom stereocenters. The molecule has 2 rings (SSSR count). The van der Waals surface area contributed by atoms with E-state index in [1.54, 1.807) is 30.1 Å². The van der Waals surface area contributed by atoms with Gasteiger partial charge >= 0.3 is 0 Å². The summed E-state index contributed by atoms with van der Waals surface area (Å²) in [5.41, 5.74) is 0.831. The molecule has 1 saturated heterocycles. The van der Waals surface area contributed by atoms with Crippen molar-refractivity contribution < 1.29 is 17.9 Å². The second-order valence-corrected chi connectivity index (χ2v) is 7.02. The number of nitrogens with zero attached hydrogens (tertiary/aromatic N) is 1. The molecule has 0 saturated carbocycles. The molecule has 1 aromatic carbocycles. The summed E-state index contributed by atoms with van der Waals surface area (Å²) in [4.78, 5) is 14.0. The van der Waals surface area contributed by atoms with Gasteiger partial charge in [-0.3, -0.25) is 9.52 Å². The normalized spacial score (nSPS) is 18.5. The Bertz CT molecular complexity index is 609. The summed E-state index contributed by atoms with van der Waals surface area (Å²) in [5, 5.41) is 0. The van der Waals surface area contributed by atoms with E-state index in [2.05, 4.69) is 4.72 Å². The first kappa shape index (κ1) is 15.8. The van der Waals surface area contributed by atoms with Crippen LogP contribution in [0.15, 0.2) is 24.3 Å². The number of rotatable bonds is 5. The van der Waals surface area contributed by atoms with Gasteiger partial charge in [0.15, 0.2) is 0 Å². The maximum Gasteiger partial charge on any atom is 0.253 e. The molecule has 0 bridgehead atoms. The van der Waals surface area contributed by atoms with Crippen LogP contribution in [-0.2, 0) is 14.8 Å². The third-order valence-electron chi connectivity index (χ3n) is 3.26. The first-order valence-corrected chi connectivity index (χ1v) is 8.69. The van der Waals surface area contributed by atoms with E-state index in [0.717, 1.165) is 25.7 Å². The van der Waals surface area contributed by atoms with Gasteiger partial charge in [-0.25, -0.2) is 8.42 Å². The number of amides is 1. The van der Waals surface area contributed by atoms with E-state index in [9.17, 15) is 13.2 Å². The van der Waals surface area contributed by atoms with Gasteiger partial charge in [-0.05, 0) is 31.0 Å². The minimum atomic E-state index is -3.35. The minimum Gasteiger partial charge on any atom is -0.376 e. The summed E-state index contributed by atoms with van der Waals surface area (Å²) in [6.07, 6.45) is 3.16. The van der Waals surface area contributed by atoms with Crippen LogP contribution in [0.4, 0.5) is 5.69 Å². The highest BCUT2D eigenvalue weighted by atomic mass is 32.2. The van der Waals surface area contributed by atoms with Gasteiger partial charge in [0.05, 0.1) is 12.4 Å². The quantitative estimate of drug-likeness (QED) is 0.889.